The van der Waals surface area contributed by atoms with Gasteiger partial charge in [-0.25, -0.2) is 13.2 Å². The second-order valence-electron chi connectivity index (χ2n) is 8.71. The van der Waals surface area contributed by atoms with Crippen LogP contribution in [0.15, 0.2) is 84.0 Å². The van der Waals surface area contributed by atoms with Crippen LogP contribution in [0.5, 0.6) is 5.75 Å². The predicted octanol–water partition coefficient (Wildman–Crippen LogP) is 3.94. The van der Waals surface area contributed by atoms with Crippen LogP contribution in [-0.4, -0.2) is 44.4 Å². The monoisotopic (exact) mass is 581 g/mol. The van der Waals surface area contributed by atoms with Crippen LogP contribution in [0.25, 0.3) is 0 Å². The van der Waals surface area contributed by atoms with Crippen LogP contribution in [0.2, 0.25) is 0 Å². The standard InChI is InChI=1S/C27H31N3O5S.2ClH/c1-34-24-7-9-25(10-8-24)36(32,33)27(23-13-17-29-18-14-23,30-19-21-11-15-28-16-12-21)26(31)35-20-22-5-3-2-4-6-22;;/h2-12,15-16,23,29-30H,13-14,17-20H2,1H3;2*1H/t27-;;/m1../s1. The number of carbonyl (C=O) groups excluding carboxylic acids is 1. The number of methoxy groups -OCH3 is 1. The van der Waals surface area contributed by atoms with Gasteiger partial charge in [-0.2, -0.15) is 0 Å². The lowest BCUT2D eigenvalue weighted by Crippen LogP contribution is -2.64. The molecule has 0 amide bonds. The van der Waals surface area contributed by atoms with E-state index in [9.17, 15) is 13.2 Å². The van der Waals surface area contributed by atoms with E-state index in [1.165, 1.54) is 19.2 Å². The van der Waals surface area contributed by atoms with E-state index in [4.69, 9.17) is 9.47 Å². The summed E-state index contributed by atoms with van der Waals surface area (Å²) in [5, 5.41) is 6.44. The first-order valence-electron chi connectivity index (χ1n) is 11.9. The SMILES string of the molecule is COc1ccc(S(=O)(=O)[C@@](NCc2ccncc2)(C(=O)OCc2ccccc2)C2CCNCC2)cc1.Cl.Cl. The molecule has 1 saturated heterocycles. The van der Waals surface area contributed by atoms with Gasteiger partial charge in [-0.1, -0.05) is 30.3 Å². The van der Waals surface area contributed by atoms with Crippen molar-refractivity contribution in [2.75, 3.05) is 20.2 Å². The van der Waals surface area contributed by atoms with Gasteiger partial charge in [0.15, 0.2) is 0 Å². The number of piperidine rings is 1. The third-order valence-electron chi connectivity index (χ3n) is 6.53. The smallest absolute Gasteiger partial charge is 0.343 e. The van der Waals surface area contributed by atoms with E-state index < -0.39 is 26.6 Å². The van der Waals surface area contributed by atoms with Gasteiger partial charge >= 0.3 is 5.97 Å². The molecule has 2 aromatic carbocycles. The summed E-state index contributed by atoms with van der Waals surface area (Å²) < 4.78 is 39.7. The molecule has 0 saturated carbocycles. The normalized spacial score (nSPS) is 15.3. The molecule has 1 fully saturated rings. The Labute approximate surface area is 236 Å². The van der Waals surface area contributed by atoms with Crippen molar-refractivity contribution >= 4 is 40.6 Å². The number of halogens is 2. The number of rotatable bonds is 10. The molecule has 1 aliphatic rings. The van der Waals surface area contributed by atoms with Crippen molar-refractivity contribution in [2.45, 2.75) is 35.8 Å². The number of aromatic nitrogens is 1. The topological polar surface area (TPSA) is 107 Å². The molecule has 0 spiro atoms. The van der Waals surface area contributed by atoms with Gasteiger partial charge in [0, 0.05) is 24.9 Å². The first-order valence-corrected chi connectivity index (χ1v) is 13.4. The molecular formula is C27H33Cl2N3O5S. The average Bonchev–Trinajstić information content (AvgIpc) is 2.94. The zero-order valence-corrected chi connectivity index (χ0v) is 23.5. The fraction of sp³-hybridized carbons (Fsp3) is 0.333. The molecule has 0 aliphatic carbocycles. The fourth-order valence-corrected chi connectivity index (χ4v) is 6.62. The summed E-state index contributed by atoms with van der Waals surface area (Å²) in [6, 6.07) is 18.9. The Bertz CT molecular complexity index is 1240. The number of sulfone groups is 1. The van der Waals surface area contributed by atoms with Gasteiger partial charge in [-0.3, -0.25) is 10.3 Å². The summed E-state index contributed by atoms with van der Waals surface area (Å²) in [6.45, 7) is 1.34. The maximum absolute atomic E-state index is 14.4. The highest BCUT2D eigenvalue weighted by molar-refractivity contribution is 7.93. The molecule has 0 unspecified atom stereocenters. The molecular weight excluding hydrogens is 549 g/mol. The summed E-state index contributed by atoms with van der Waals surface area (Å²) in [7, 11) is -2.73. The van der Waals surface area contributed by atoms with Crippen molar-refractivity contribution in [3.63, 3.8) is 0 Å². The number of hydrogen-bond acceptors (Lipinski definition) is 8. The van der Waals surface area contributed by atoms with Crippen LogP contribution < -0.4 is 15.4 Å². The minimum atomic E-state index is -4.25. The quantitative estimate of drug-likeness (QED) is 0.347. The van der Waals surface area contributed by atoms with Gasteiger partial charge in [0.25, 0.3) is 0 Å². The van der Waals surface area contributed by atoms with Crippen molar-refractivity contribution in [3.8, 4) is 5.75 Å². The zero-order valence-electron chi connectivity index (χ0n) is 21.0. The van der Waals surface area contributed by atoms with E-state index in [-0.39, 0.29) is 42.9 Å². The molecule has 1 aromatic heterocycles. The fourth-order valence-electron chi connectivity index (χ4n) is 4.54. The first-order chi connectivity index (χ1) is 17.5. The van der Waals surface area contributed by atoms with Crippen molar-refractivity contribution in [1.82, 2.24) is 15.6 Å². The van der Waals surface area contributed by atoms with Crippen molar-refractivity contribution in [3.05, 3.63) is 90.3 Å². The van der Waals surface area contributed by atoms with Crippen molar-refractivity contribution in [1.29, 1.82) is 0 Å². The highest BCUT2D eigenvalue weighted by atomic mass is 35.5. The lowest BCUT2D eigenvalue weighted by molar-refractivity contribution is -0.151. The third kappa shape index (κ3) is 6.84. The van der Waals surface area contributed by atoms with Gasteiger partial charge in [0.05, 0.1) is 12.0 Å². The lowest BCUT2D eigenvalue weighted by atomic mass is 9.89. The Morgan fingerprint density at radius 2 is 1.61 bits per heavy atom. The number of pyridine rings is 1. The maximum atomic E-state index is 14.4. The molecule has 1 atom stereocenters. The second kappa shape index (κ2) is 14.5. The Kier molecular flexibility index (Phi) is 12.0. The number of nitrogens with one attached hydrogen (secondary N) is 2. The van der Waals surface area contributed by atoms with Crippen molar-refractivity contribution < 1.29 is 22.7 Å². The molecule has 206 valence electrons. The minimum Gasteiger partial charge on any atom is -0.497 e. The van der Waals surface area contributed by atoms with Crippen LogP contribution >= 0.6 is 24.8 Å². The lowest BCUT2D eigenvalue weighted by Gasteiger charge is -2.40. The van der Waals surface area contributed by atoms with Crippen LogP contribution in [0.3, 0.4) is 0 Å². The Morgan fingerprint density at radius 1 is 0.974 bits per heavy atom. The average molecular weight is 583 g/mol. The highest BCUT2D eigenvalue weighted by Gasteiger charge is 2.58. The van der Waals surface area contributed by atoms with Gasteiger partial charge in [-0.05, 0) is 73.5 Å². The van der Waals surface area contributed by atoms with Crippen LogP contribution in [-0.2, 0) is 32.5 Å². The third-order valence-corrected chi connectivity index (χ3v) is 8.91. The number of carbonyl (C=O) groups is 1. The molecule has 2 N–H and O–H groups in total. The molecule has 3 aromatic rings. The van der Waals surface area contributed by atoms with E-state index in [1.54, 1.807) is 36.7 Å². The molecule has 1 aliphatic heterocycles. The van der Waals surface area contributed by atoms with Crippen LogP contribution in [0.4, 0.5) is 0 Å². The van der Waals surface area contributed by atoms with Crippen LogP contribution in [0, 0.1) is 5.92 Å². The number of hydrogen-bond donors (Lipinski definition) is 2. The number of esters is 1. The van der Waals surface area contributed by atoms with Gasteiger partial charge in [0.1, 0.15) is 12.4 Å². The van der Waals surface area contributed by atoms with E-state index >= 15 is 0 Å². The second-order valence-corrected chi connectivity index (χ2v) is 10.8. The highest BCUT2D eigenvalue weighted by Crippen LogP contribution is 2.38. The molecule has 8 nitrogen and oxygen atoms in total. The number of nitrogens with zero attached hydrogens (tertiary/aromatic N) is 1. The first kappa shape index (κ1) is 31.5. The molecule has 2 heterocycles. The Balaban J connectivity index is 0.00000253. The van der Waals surface area contributed by atoms with Gasteiger partial charge in [0.2, 0.25) is 14.7 Å². The van der Waals surface area contributed by atoms with E-state index in [0.717, 1.165) is 11.1 Å². The summed E-state index contributed by atoms with van der Waals surface area (Å²) in [4.78, 5) is 16.1. The van der Waals surface area contributed by atoms with E-state index in [1.807, 2.05) is 30.3 Å². The molecule has 0 bridgehead atoms. The van der Waals surface area contributed by atoms with Crippen LogP contribution in [0.1, 0.15) is 24.0 Å². The Hall–Kier alpha value is -2.69. The summed E-state index contributed by atoms with van der Waals surface area (Å²) in [6.07, 6.45) is 4.27. The zero-order chi connectivity index (χ0) is 25.4. The van der Waals surface area contributed by atoms with Gasteiger partial charge < -0.3 is 14.8 Å². The van der Waals surface area contributed by atoms with E-state index in [0.29, 0.717) is 31.7 Å². The number of benzene rings is 2. The summed E-state index contributed by atoms with van der Waals surface area (Å²) in [5.41, 5.74) is 1.59. The van der Waals surface area contributed by atoms with E-state index in [2.05, 4.69) is 15.6 Å². The summed E-state index contributed by atoms with van der Waals surface area (Å²) >= 11 is 0. The van der Waals surface area contributed by atoms with Crippen molar-refractivity contribution in [2.24, 2.45) is 5.92 Å². The maximum Gasteiger partial charge on any atom is 0.343 e. The largest absolute Gasteiger partial charge is 0.497 e. The predicted molar refractivity (Wildman–Crippen MR) is 150 cm³/mol. The Morgan fingerprint density at radius 3 is 2.21 bits per heavy atom. The summed E-state index contributed by atoms with van der Waals surface area (Å²) in [5.74, 6) is -0.781. The molecule has 0 radical (unpaired) electrons. The minimum absolute atomic E-state index is 0. The molecule has 38 heavy (non-hydrogen) atoms. The number of ether oxygens (including phenoxy) is 2. The van der Waals surface area contributed by atoms with Gasteiger partial charge in [-0.15, -0.1) is 24.8 Å². The molecule has 11 heteroatoms. The molecule has 4 rings (SSSR count).